The van der Waals surface area contributed by atoms with Crippen LogP contribution in [0.4, 0.5) is 0 Å². The number of hydrogen-bond acceptors (Lipinski definition) is 7. The molecule has 0 unspecified atom stereocenters. The minimum absolute atomic E-state index is 0.0387. The highest BCUT2D eigenvalue weighted by Crippen LogP contribution is 2.48. The average Bonchev–Trinajstić information content (AvgIpc) is 3.79. The van der Waals surface area contributed by atoms with Crippen molar-refractivity contribution in [3.63, 3.8) is 0 Å². The van der Waals surface area contributed by atoms with Crippen LogP contribution >= 0.6 is 12.2 Å². The Hall–Kier alpha value is -3.89. The number of carboxylic acid groups (broad SMARTS) is 1. The molecule has 5 rings (SSSR count). The summed E-state index contributed by atoms with van der Waals surface area (Å²) in [6, 6.07) is 29.3. The third kappa shape index (κ3) is 9.92. The van der Waals surface area contributed by atoms with Crippen LogP contribution in [0.15, 0.2) is 103 Å². The van der Waals surface area contributed by atoms with Gasteiger partial charge in [-0.3, -0.25) is 9.69 Å². The van der Waals surface area contributed by atoms with Gasteiger partial charge in [0.1, 0.15) is 0 Å². The second-order valence-electron chi connectivity index (χ2n) is 15.4. The van der Waals surface area contributed by atoms with E-state index < -0.39 is 40.8 Å². The quantitative estimate of drug-likeness (QED) is 0.0628. The third-order valence-electron chi connectivity index (χ3n) is 11.1. The van der Waals surface area contributed by atoms with E-state index in [0.717, 1.165) is 68.9 Å². The van der Waals surface area contributed by atoms with Crippen molar-refractivity contribution in [2.75, 3.05) is 13.2 Å². The summed E-state index contributed by atoms with van der Waals surface area (Å²) < 4.78 is 18.9. The topological polar surface area (TPSA) is 106 Å². The van der Waals surface area contributed by atoms with Crippen LogP contribution in [0.5, 0.6) is 0 Å². The predicted molar refractivity (Wildman–Crippen MR) is 219 cm³/mol. The van der Waals surface area contributed by atoms with Crippen molar-refractivity contribution in [2.24, 2.45) is 11.8 Å². The van der Waals surface area contributed by atoms with Crippen LogP contribution in [0.1, 0.15) is 108 Å². The van der Waals surface area contributed by atoms with Crippen molar-refractivity contribution in [3.05, 3.63) is 120 Å². The standard InChI is InChI=1S/C46H59NO7S/c1-4-30-45(51,42(49)50)39(29-18-7-5-6-8-20-31-44(52-33-34-53-44)32-21-19-24-36-22-12-9-13-23-36)41(48)47-40(35(2)3)46(54-43(47)55,37-25-14-10-15-26-37)38-27-16-11-17-28-38/h9-18,22-23,25-29,35,39-40,51H,4-8,19-21,24,30-34H2,1-3H3,(H,49,50)/b29-18+/t39-,40+,45+/m1/s1. The number of carbonyl (C=O) groups is 2. The molecule has 0 bridgehead atoms. The molecule has 2 heterocycles. The summed E-state index contributed by atoms with van der Waals surface area (Å²) in [5, 5.41) is 22.2. The first-order valence-corrected chi connectivity index (χ1v) is 20.6. The number of unbranched alkanes of at least 4 members (excludes halogenated alkanes) is 5. The summed E-state index contributed by atoms with van der Waals surface area (Å²) in [6.07, 6.45) is 13.1. The van der Waals surface area contributed by atoms with Crippen LogP contribution in [0.25, 0.3) is 0 Å². The molecule has 2 fully saturated rings. The molecule has 3 atom stereocenters. The first-order valence-electron chi connectivity index (χ1n) is 20.2. The Kier molecular flexibility index (Phi) is 15.2. The number of aryl methyl sites for hydroxylation is 1. The van der Waals surface area contributed by atoms with Gasteiger partial charge in [0.2, 0.25) is 5.91 Å². The molecule has 8 nitrogen and oxygen atoms in total. The number of aliphatic hydroxyl groups is 1. The van der Waals surface area contributed by atoms with E-state index in [9.17, 15) is 19.8 Å². The maximum absolute atomic E-state index is 14.8. The predicted octanol–water partition coefficient (Wildman–Crippen LogP) is 9.38. The molecule has 0 radical (unpaired) electrons. The number of allylic oxidation sites excluding steroid dienone is 1. The van der Waals surface area contributed by atoms with E-state index >= 15 is 0 Å². The van der Waals surface area contributed by atoms with Gasteiger partial charge in [0.05, 0.1) is 25.2 Å². The van der Waals surface area contributed by atoms with Gasteiger partial charge in [-0.25, -0.2) is 4.79 Å². The Morgan fingerprint density at radius 1 is 0.855 bits per heavy atom. The maximum Gasteiger partial charge on any atom is 0.336 e. The van der Waals surface area contributed by atoms with Crippen molar-refractivity contribution >= 4 is 29.3 Å². The Balaban J connectivity index is 1.25. The number of amides is 1. The van der Waals surface area contributed by atoms with E-state index in [1.54, 1.807) is 13.0 Å². The molecule has 2 saturated heterocycles. The van der Waals surface area contributed by atoms with E-state index in [0.29, 0.717) is 26.1 Å². The molecule has 1 amide bonds. The summed E-state index contributed by atoms with van der Waals surface area (Å²) >= 11 is 5.84. The van der Waals surface area contributed by atoms with Gasteiger partial charge in [0, 0.05) is 24.0 Å². The molecule has 55 heavy (non-hydrogen) atoms. The molecule has 0 saturated carbocycles. The van der Waals surface area contributed by atoms with E-state index in [1.807, 2.05) is 86.7 Å². The number of carbonyl (C=O) groups excluding carboxylic acids is 1. The summed E-state index contributed by atoms with van der Waals surface area (Å²) in [5.41, 5.74) is -0.465. The number of aliphatic carboxylic acids is 1. The van der Waals surface area contributed by atoms with Gasteiger partial charge in [-0.15, -0.1) is 0 Å². The lowest BCUT2D eigenvalue weighted by Gasteiger charge is -2.39. The van der Waals surface area contributed by atoms with Crippen molar-refractivity contribution in [2.45, 2.75) is 121 Å². The number of nitrogens with zero attached hydrogens (tertiary/aromatic N) is 1. The molecule has 0 aliphatic carbocycles. The second-order valence-corrected chi connectivity index (χ2v) is 15.7. The summed E-state index contributed by atoms with van der Waals surface area (Å²) in [7, 11) is 0. The van der Waals surface area contributed by atoms with Crippen LogP contribution in [-0.4, -0.2) is 62.8 Å². The normalized spacial score (nSPS) is 19.4. The zero-order valence-electron chi connectivity index (χ0n) is 32.7. The summed E-state index contributed by atoms with van der Waals surface area (Å²) in [5.74, 6) is -4.05. The highest BCUT2D eigenvalue weighted by atomic mass is 32.1. The molecular formula is C46H59NO7S. The molecule has 0 aromatic heterocycles. The Morgan fingerprint density at radius 3 is 1.95 bits per heavy atom. The molecule has 3 aromatic rings. The molecule has 3 aromatic carbocycles. The fourth-order valence-electron chi connectivity index (χ4n) is 8.43. The van der Waals surface area contributed by atoms with Crippen LogP contribution in [-0.2, 0) is 35.8 Å². The first kappa shape index (κ1) is 42.3. The van der Waals surface area contributed by atoms with E-state index in [1.165, 1.54) is 10.5 Å². The van der Waals surface area contributed by atoms with Gasteiger partial charge in [-0.1, -0.05) is 143 Å². The number of thiocarbonyl (C=S) groups is 1. The van der Waals surface area contributed by atoms with E-state index in [4.69, 9.17) is 26.4 Å². The van der Waals surface area contributed by atoms with Crippen LogP contribution < -0.4 is 0 Å². The molecule has 2 aliphatic heterocycles. The molecular weight excluding hydrogens is 711 g/mol. The van der Waals surface area contributed by atoms with Gasteiger partial charge >= 0.3 is 5.97 Å². The lowest BCUT2D eigenvalue weighted by Crippen LogP contribution is -2.56. The van der Waals surface area contributed by atoms with Gasteiger partial charge < -0.3 is 24.4 Å². The zero-order chi connectivity index (χ0) is 39.3. The highest BCUT2D eigenvalue weighted by Gasteiger charge is 2.60. The van der Waals surface area contributed by atoms with Gasteiger partial charge in [-0.05, 0) is 68.6 Å². The highest BCUT2D eigenvalue weighted by molar-refractivity contribution is 7.80. The zero-order valence-corrected chi connectivity index (χ0v) is 33.6. The van der Waals surface area contributed by atoms with Crippen molar-refractivity contribution in [1.82, 2.24) is 4.90 Å². The van der Waals surface area contributed by atoms with Crippen molar-refractivity contribution in [3.8, 4) is 0 Å². The first-order chi connectivity index (χ1) is 26.6. The van der Waals surface area contributed by atoms with E-state index in [2.05, 4.69) is 24.3 Å². The second kappa shape index (κ2) is 19.8. The lowest BCUT2D eigenvalue weighted by atomic mass is 9.75. The smallest absolute Gasteiger partial charge is 0.336 e. The summed E-state index contributed by atoms with van der Waals surface area (Å²) in [6.45, 7) is 7.07. The number of hydrogen-bond donors (Lipinski definition) is 2. The Morgan fingerprint density at radius 2 is 1.40 bits per heavy atom. The average molecular weight is 770 g/mol. The number of carboxylic acids is 1. The number of ether oxygens (including phenoxy) is 3. The number of benzene rings is 3. The lowest BCUT2D eigenvalue weighted by molar-refractivity contribution is -0.169. The van der Waals surface area contributed by atoms with Gasteiger partial charge in [0.25, 0.3) is 5.17 Å². The molecule has 296 valence electrons. The van der Waals surface area contributed by atoms with Crippen LogP contribution in [0.2, 0.25) is 0 Å². The number of rotatable bonds is 21. The SMILES string of the molecule is CCC[C@@](O)(C(=O)O)[C@H](/C=C/CCCCCCC1(CCCCc2ccccc2)OCCO1)C(=O)N1C(=S)OC(c2ccccc2)(c2ccccc2)[C@@H]1C(C)C. The van der Waals surface area contributed by atoms with Crippen molar-refractivity contribution < 1.29 is 34.0 Å². The summed E-state index contributed by atoms with van der Waals surface area (Å²) in [4.78, 5) is 29.1. The largest absolute Gasteiger partial charge is 0.479 e. The minimum Gasteiger partial charge on any atom is -0.479 e. The Labute approximate surface area is 332 Å². The fraction of sp³-hybridized carbons (Fsp3) is 0.500. The molecule has 0 spiro atoms. The van der Waals surface area contributed by atoms with Crippen LogP contribution in [0, 0.1) is 11.8 Å². The third-order valence-corrected chi connectivity index (χ3v) is 11.4. The molecule has 2 N–H and O–H groups in total. The molecule has 9 heteroatoms. The van der Waals surface area contributed by atoms with Gasteiger partial charge in [-0.2, -0.15) is 0 Å². The minimum atomic E-state index is -2.33. The Bertz CT molecular complexity index is 1650. The molecule has 2 aliphatic rings. The van der Waals surface area contributed by atoms with Crippen LogP contribution in [0.3, 0.4) is 0 Å². The monoisotopic (exact) mass is 769 g/mol. The van der Waals surface area contributed by atoms with Crippen molar-refractivity contribution in [1.29, 1.82) is 0 Å². The van der Waals surface area contributed by atoms with Gasteiger partial charge in [0.15, 0.2) is 17.0 Å². The van der Waals surface area contributed by atoms with E-state index in [-0.39, 0.29) is 17.5 Å². The fourth-order valence-corrected chi connectivity index (χ4v) is 8.76. The maximum atomic E-state index is 14.8.